The number of nitrogens with two attached hydrogens (primary N) is 2. The van der Waals surface area contributed by atoms with E-state index in [-0.39, 0.29) is 11.9 Å². The van der Waals surface area contributed by atoms with Gasteiger partial charge in [-0.05, 0) is 45.2 Å². The number of unbranched alkanes of at least 4 members (excludes halogenated alkanes) is 6. The minimum atomic E-state index is -0.749. The second kappa shape index (κ2) is 16.7. The molecule has 0 atom stereocenters. The van der Waals surface area contributed by atoms with E-state index in [1.165, 1.54) is 0 Å². The van der Waals surface area contributed by atoms with Gasteiger partial charge in [-0.2, -0.15) is 0 Å². The molecule has 0 aromatic heterocycles. The van der Waals surface area contributed by atoms with Crippen LogP contribution in [-0.2, 0) is 19.1 Å². The first-order valence-corrected chi connectivity index (χ1v) is 9.43. The highest BCUT2D eigenvalue weighted by Crippen LogP contribution is 2.13. The molecule has 0 aliphatic heterocycles. The summed E-state index contributed by atoms with van der Waals surface area (Å²) < 4.78 is 10.7. The molecule has 0 spiro atoms. The summed E-state index contributed by atoms with van der Waals surface area (Å²) in [4.78, 5) is 23.7. The molecule has 0 saturated carbocycles. The zero-order valence-corrected chi connectivity index (χ0v) is 15.3. The van der Waals surface area contributed by atoms with Crippen LogP contribution in [0.5, 0.6) is 0 Å². The van der Waals surface area contributed by atoms with Gasteiger partial charge in [0, 0.05) is 19.3 Å². The summed E-state index contributed by atoms with van der Waals surface area (Å²) in [6.45, 7) is 3.37. The van der Waals surface area contributed by atoms with Crippen molar-refractivity contribution >= 4 is 11.9 Å². The summed E-state index contributed by atoms with van der Waals surface area (Å²) in [6, 6.07) is 0. The van der Waals surface area contributed by atoms with Gasteiger partial charge in [0.15, 0.2) is 0 Å². The number of ether oxygens (including phenoxy) is 2. The number of esters is 2. The monoisotopic (exact) mass is 344 g/mol. The van der Waals surface area contributed by atoms with Crippen LogP contribution in [0.4, 0.5) is 0 Å². The summed E-state index contributed by atoms with van der Waals surface area (Å²) in [5, 5.41) is 0. The van der Waals surface area contributed by atoms with E-state index in [0.717, 1.165) is 57.8 Å². The van der Waals surface area contributed by atoms with Gasteiger partial charge in [0.1, 0.15) is 0 Å². The van der Waals surface area contributed by atoms with Crippen LogP contribution >= 0.6 is 0 Å². The molecule has 0 aliphatic carbocycles. The SMILES string of the molecule is CCCCCC(OC(=O)CCCCCN)OC(=O)CCCCCN. The average Bonchev–Trinajstić information content (AvgIpc) is 2.56. The van der Waals surface area contributed by atoms with Crippen LogP contribution < -0.4 is 11.5 Å². The van der Waals surface area contributed by atoms with Gasteiger partial charge in [-0.25, -0.2) is 0 Å². The average molecular weight is 344 g/mol. The molecule has 0 heterocycles. The molecular formula is C18H36N2O4. The van der Waals surface area contributed by atoms with Crippen molar-refractivity contribution in [3.8, 4) is 0 Å². The molecule has 0 unspecified atom stereocenters. The largest absolute Gasteiger partial charge is 0.425 e. The van der Waals surface area contributed by atoms with E-state index in [9.17, 15) is 9.59 Å². The predicted octanol–water partition coefficient (Wildman–Crippen LogP) is 3.02. The minimum absolute atomic E-state index is 0.301. The Morgan fingerprint density at radius 1 is 0.750 bits per heavy atom. The molecule has 0 radical (unpaired) electrons. The number of hydrogen-bond donors (Lipinski definition) is 2. The van der Waals surface area contributed by atoms with Crippen molar-refractivity contribution in [2.45, 2.75) is 90.3 Å². The molecule has 142 valence electrons. The molecular weight excluding hydrogens is 308 g/mol. The van der Waals surface area contributed by atoms with E-state index in [1.807, 2.05) is 0 Å². The van der Waals surface area contributed by atoms with Crippen LogP contribution in [0.25, 0.3) is 0 Å². The summed E-state index contributed by atoms with van der Waals surface area (Å²) in [6.07, 6.45) is 8.62. The highest BCUT2D eigenvalue weighted by atomic mass is 16.7. The minimum Gasteiger partial charge on any atom is -0.425 e. The number of hydrogen-bond acceptors (Lipinski definition) is 6. The highest BCUT2D eigenvalue weighted by Gasteiger charge is 2.18. The molecule has 0 bridgehead atoms. The van der Waals surface area contributed by atoms with Crippen LogP contribution in [0.15, 0.2) is 0 Å². The lowest BCUT2D eigenvalue weighted by Gasteiger charge is -2.18. The van der Waals surface area contributed by atoms with Crippen LogP contribution in [0, 0.1) is 0 Å². The van der Waals surface area contributed by atoms with Crippen LogP contribution in [-0.4, -0.2) is 31.3 Å². The number of rotatable bonds is 16. The van der Waals surface area contributed by atoms with Gasteiger partial charge in [0.05, 0.1) is 0 Å². The number of carbonyl (C=O) groups excluding carboxylic acids is 2. The van der Waals surface area contributed by atoms with Crippen molar-refractivity contribution in [2.75, 3.05) is 13.1 Å². The summed E-state index contributed by atoms with van der Waals surface area (Å²) in [5.41, 5.74) is 10.9. The Morgan fingerprint density at radius 2 is 1.25 bits per heavy atom. The van der Waals surface area contributed by atoms with E-state index < -0.39 is 6.29 Å². The topological polar surface area (TPSA) is 105 Å². The Bertz CT molecular complexity index is 298. The molecule has 0 fully saturated rings. The van der Waals surface area contributed by atoms with Crippen molar-refractivity contribution in [2.24, 2.45) is 11.5 Å². The van der Waals surface area contributed by atoms with E-state index in [2.05, 4.69) is 6.92 Å². The second-order valence-electron chi connectivity index (χ2n) is 6.10. The standard InChI is InChI=1S/C18H36N2O4/c1-2-3-6-13-18(23-16(21)11-7-4-9-14-19)24-17(22)12-8-5-10-15-20/h18H,2-15,19-20H2,1H3. The summed E-state index contributed by atoms with van der Waals surface area (Å²) in [7, 11) is 0. The van der Waals surface area contributed by atoms with Gasteiger partial charge in [-0.15, -0.1) is 0 Å². The molecule has 6 heteroatoms. The molecule has 24 heavy (non-hydrogen) atoms. The third-order valence-corrected chi connectivity index (χ3v) is 3.74. The molecule has 6 nitrogen and oxygen atoms in total. The van der Waals surface area contributed by atoms with Gasteiger partial charge >= 0.3 is 11.9 Å². The maximum absolute atomic E-state index is 11.9. The summed E-state index contributed by atoms with van der Waals surface area (Å²) in [5.74, 6) is -0.603. The van der Waals surface area contributed by atoms with Crippen LogP contribution in [0.1, 0.15) is 84.0 Å². The molecule has 0 aromatic rings. The van der Waals surface area contributed by atoms with Gasteiger partial charge < -0.3 is 20.9 Å². The van der Waals surface area contributed by atoms with Crippen LogP contribution in [0.2, 0.25) is 0 Å². The molecule has 0 rings (SSSR count). The van der Waals surface area contributed by atoms with Crippen molar-refractivity contribution < 1.29 is 19.1 Å². The molecule has 4 N–H and O–H groups in total. The first-order valence-electron chi connectivity index (χ1n) is 9.43. The second-order valence-corrected chi connectivity index (χ2v) is 6.10. The van der Waals surface area contributed by atoms with Gasteiger partial charge in [0.2, 0.25) is 6.29 Å². The van der Waals surface area contributed by atoms with E-state index in [1.54, 1.807) is 0 Å². The Morgan fingerprint density at radius 3 is 1.67 bits per heavy atom. The van der Waals surface area contributed by atoms with E-state index in [4.69, 9.17) is 20.9 Å². The fourth-order valence-electron chi connectivity index (χ4n) is 2.29. The smallest absolute Gasteiger partial charge is 0.308 e. The fourth-order valence-corrected chi connectivity index (χ4v) is 2.29. The zero-order chi connectivity index (χ0) is 18.0. The fraction of sp³-hybridized carbons (Fsp3) is 0.889. The maximum Gasteiger partial charge on any atom is 0.308 e. The van der Waals surface area contributed by atoms with Gasteiger partial charge in [0.25, 0.3) is 0 Å². The summed E-state index contributed by atoms with van der Waals surface area (Å²) >= 11 is 0. The number of carbonyl (C=O) groups is 2. The third kappa shape index (κ3) is 14.5. The molecule has 0 aliphatic rings. The lowest BCUT2D eigenvalue weighted by Crippen LogP contribution is -2.24. The van der Waals surface area contributed by atoms with Gasteiger partial charge in [-0.1, -0.05) is 32.6 Å². The quantitative estimate of drug-likeness (QED) is 0.253. The highest BCUT2D eigenvalue weighted by molar-refractivity contribution is 5.71. The molecule has 0 aromatic carbocycles. The molecule has 0 amide bonds. The Labute approximate surface area is 146 Å². The van der Waals surface area contributed by atoms with Gasteiger partial charge in [-0.3, -0.25) is 9.59 Å². The molecule has 0 saturated heterocycles. The van der Waals surface area contributed by atoms with Crippen molar-refractivity contribution in [1.29, 1.82) is 0 Å². The Kier molecular flexibility index (Phi) is 15.9. The lowest BCUT2D eigenvalue weighted by molar-refractivity contribution is -0.189. The zero-order valence-electron chi connectivity index (χ0n) is 15.3. The lowest BCUT2D eigenvalue weighted by atomic mass is 10.2. The maximum atomic E-state index is 11.9. The van der Waals surface area contributed by atoms with Crippen LogP contribution in [0.3, 0.4) is 0 Å². The Balaban J connectivity index is 4.15. The van der Waals surface area contributed by atoms with Crippen molar-refractivity contribution in [3.63, 3.8) is 0 Å². The first-order chi connectivity index (χ1) is 11.6. The third-order valence-electron chi connectivity index (χ3n) is 3.74. The predicted molar refractivity (Wildman–Crippen MR) is 95.2 cm³/mol. The first kappa shape index (κ1) is 22.9. The van der Waals surface area contributed by atoms with Crippen molar-refractivity contribution in [1.82, 2.24) is 0 Å². The van der Waals surface area contributed by atoms with E-state index in [0.29, 0.717) is 32.4 Å². The Hall–Kier alpha value is -1.14. The van der Waals surface area contributed by atoms with E-state index >= 15 is 0 Å². The van der Waals surface area contributed by atoms with Crippen molar-refractivity contribution in [3.05, 3.63) is 0 Å². The normalized spacial score (nSPS) is 10.8.